The maximum absolute atomic E-state index is 12.1. The van der Waals surface area contributed by atoms with Crippen LogP contribution in [0.1, 0.15) is 12.5 Å². The Morgan fingerprint density at radius 3 is 2.36 bits per heavy atom. The summed E-state index contributed by atoms with van der Waals surface area (Å²) in [4.78, 5) is 12.3. The van der Waals surface area contributed by atoms with Crippen molar-refractivity contribution in [1.29, 1.82) is 0 Å². The lowest BCUT2D eigenvalue weighted by atomic mass is 10.2. The molecule has 0 fully saturated rings. The van der Waals surface area contributed by atoms with Crippen molar-refractivity contribution in [1.82, 2.24) is 9.62 Å². The monoisotopic (exact) mass is 406 g/mol. The van der Waals surface area contributed by atoms with Crippen LogP contribution in [0, 0.1) is 6.92 Å². The molecule has 0 aliphatic rings. The predicted octanol–water partition coefficient (Wildman–Crippen LogP) is 2.21. The Kier molecular flexibility index (Phi) is 7.42. The Labute approximate surface area is 166 Å². The Morgan fingerprint density at radius 2 is 1.75 bits per heavy atom. The third kappa shape index (κ3) is 5.71. The van der Waals surface area contributed by atoms with Gasteiger partial charge in [0.25, 0.3) is 5.91 Å². The van der Waals surface area contributed by atoms with Crippen molar-refractivity contribution in [3.05, 3.63) is 54.1 Å². The summed E-state index contributed by atoms with van der Waals surface area (Å²) in [5, 5.41) is 2.75. The van der Waals surface area contributed by atoms with Crippen molar-refractivity contribution >= 4 is 15.9 Å². The molecule has 0 radical (unpaired) electrons. The van der Waals surface area contributed by atoms with Crippen LogP contribution in [0.5, 0.6) is 11.5 Å². The Hall–Kier alpha value is -2.58. The molecular formula is C20H26N2O5S. The minimum Gasteiger partial charge on any atom is -0.492 e. The van der Waals surface area contributed by atoms with E-state index in [1.165, 1.54) is 26.2 Å². The molecule has 2 aromatic rings. The number of amides is 1. The van der Waals surface area contributed by atoms with Gasteiger partial charge in [-0.05, 0) is 49.7 Å². The molecule has 152 valence electrons. The molecule has 0 saturated carbocycles. The van der Waals surface area contributed by atoms with E-state index in [0.29, 0.717) is 18.0 Å². The van der Waals surface area contributed by atoms with Gasteiger partial charge in [-0.3, -0.25) is 4.79 Å². The van der Waals surface area contributed by atoms with E-state index >= 15 is 0 Å². The Morgan fingerprint density at radius 1 is 1.11 bits per heavy atom. The highest BCUT2D eigenvalue weighted by molar-refractivity contribution is 7.89. The Balaban J connectivity index is 1.78. The summed E-state index contributed by atoms with van der Waals surface area (Å²) >= 11 is 0. The number of hydrogen-bond acceptors (Lipinski definition) is 5. The van der Waals surface area contributed by atoms with E-state index in [0.717, 1.165) is 9.87 Å². The van der Waals surface area contributed by atoms with Gasteiger partial charge in [-0.1, -0.05) is 18.2 Å². The number of ether oxygens (including phenoxy) is 2. The van der Waals surface area contributed by atoms with E-state index in [-0.39, 0.29) is 17.4 Å². The van der Waals surface area contributed by atoms with Crippen molar-refractivity contribution < 1.29 is 22.7 Å². The molecule has 8 heteroatoms. The van der Waals surface area contributed by atoms with Crippen LogP contribution in [0.3, 0.4) is 0 Å². The van der Waals surface area contributed by atoms with E-state index in [1.807, 2.05) is 31.2 Å². The number of para-hydroxylation sites is 1. The maximum atomic E-state index is 12.1. The number of sulfonamides is 1. The first kappa shape index (κ1) is 21.7. The quantitative estimate of drug-likeness (QED) is 0.646. The van der Waals surface area contributed by atoms with Crippen LogP contribution in [-0.4, -0.2) is 52.0 Å². The van der Waals surface area contributed by atoms with Gasteiger partial charge in [0.15, 0.2) is 6.10 Å². The number of carbonyl (C=O) groups is 1. The van der Waals surface area contributed by atoms with E-state index < -0.39 is 16.1 Å². The van der Waals surface area contributed by atoms with Gasteiger partial charge in [0.1, 0.15) is 18.1 Å². The van der Waals surface area contributed by atoms with Crippen LogP contribution in [0.4, 0.5) is 0 Å². The van der Waals surface area contributed by atoms with Gasteiger partial charge in [0, 0.05) is 14.1 Å². The van der Waals surface area contributed by atoms with E-state index in [9.17, 15) is 13.2 Å². The second kappa shape index (κ2) is 9.57. The molecule has 7 nitrogen and oxygen atoms in total. The van der Waals surface area contributed by atoms with E-state index in [4.69, 9.17) is 9.47 Å². The van der Waals surface area contributed by atoms with Crippen molar-refractivity contribution in [3.63, 3.8) is 0 Å². The molecule has 1 amide bonds. The standard InChI is InChI=1S/C20H26N2O5S/c1-15-7-5-6-8-19(15)27-16(2)20(23)21-13-14-26-17-9-11-18(12-10-17)28(24,25)22(3)4/h5-12,16H,13-14H2,1-4H3,(H,21,23). The SMILES string of the molecule is Cc1ccccc1OC(C)C(=O)NCCOc1ccc(S(=O)(=O)N(C)C)cc1. The fourth-order valence-corrected chi connectivity index (χ4v) is 3.24. The van der Waals surface area contributed by atoms with Crippen molar-refractivity contribution in [2.45, 2.75) is 24.8 Å². The molecule has 0 spiro atoms. The summed E-state index contributed by atoms with van der Waals surface area (Å²) in [6.07, 6.45) is -0.628. The predicted molar refractivity (Wildman–Crippen MR) is 107 cm³/mol. The van der Waals surface area contributed by atoms with E-state index in [2.05, 4.69) is 5.32 Å². The fraction of sp³-hybridized carbons (Fsp3) is 0.350. The van der Waals surface area contributed by atoms with Crippen LogP contribution in [0.2, 0.25) is 0 Å². The van der Waals surface area contributed by atoms with Gasteiger partial charge >= 0.3 is 0 Å². The van der Waals surface area contributed by atoms with Crippen LogP contribution in [-0.2, 0) is 14.8 Å². The van der Waals surface area contributed by atoms with Crippen LogP contribution in [0.25, 0.3) is 0 Å². The smallest absolute Gasteiger partial charge is 0.260 e. The zero-order valence-corrected chi connectivity index (χ0v) is 17.3. The molecule has 0 bridgehead atoms. The largest absolute Gasteiger partial charge is 0.492 e. The first-order valence-electron chi connectivity index (χ1n) is 8.87. The summed E-state index contributed by atoms with van der Waals surface area (Å²) in [5.74, 6) is 0.963. The van der Waals surface area contributed by atoms with Crippen LogP contribution >= 0.6 is 0 Å². The second-order valence-electron chi connectivity index (χ2n) is 6.42. The first-order valence-corrected chi connectivity index (χ1v) is 10.3. The topological polar surface area (TPSA) is 84.9 Å². The summed E-state index contributed by atoms with van der Waals surface area (Å²) < 4.78 is 36.4. The van der Waals surface area contributed by atoms with Crippen LogP contribution < -0.4 is 14.8 Å². The van der Waals surface area contributed by atoms with Gasteiger partial charge in [-0.15, -0.1) is 0 Å². The normalized spacial score (nSPS) is 12.5. The third-order valence-electron chi connectivity index (χ3n) is 4.04. The van der Waals surface area contributed by atoms with Gasteiger partial charge in [0.05, 0.1) is 11.4 Å². The highest BCUT2D eigenvalue weighted by atomic mass is 32.2. The molecule has 1 N–H and O–H groups in total. The average Bonchev–Trinajstić information content (AvgIpc) is 2.67. The molecule has 2 rings (SSSR count). The number of hydrogen-bond donors (Lipinski definition) is 1. The van der Waals surface area contributed by atoms with Gasteiger partial charge < -0.3 is 14.8 Å². The number of rotatable bonds is 9. The Bertz CT molecular complexity index is 895. The first-order chi connectivity index (χ1) is 13.2. The number of nitrogens with one attached hydrogen (secondary N) is 1. The summed E-state index contributed by atoms with van der Waals surface area (Å²) in [7, 11) is -0.505. The number of aryl methyl sites for hydroxylation is 1. The van der Waals surface area contributed by atoms with Crippen molar-refractivity contribution in [2.24, 2.45) is 0 Å². The lowest BCUT2D eigenvalue weighted by Crippen LogP contribution is -2.38. The maximum Gasteiger partial charge on any atom is 0.260 e. The summed E-state index contributed by atoms with van der Waals surface area (Å²) in [6.45, 7) is 4.16. The second-order valence-corrected chi connectivity index (χ2v) is 8.58. The molecule has 28 heavy (non-hydrogen) atoms. The third-order valence-corrected chi connectivity index (χ3v) is 5.87. The minimum atomic E-state index is -3.46. The summed E-state index contributed by atoms with van der Waals surface area (Å²) in [5.41, 5.74) is 0.963. The molecule has 0 heterocycles. The molecule has 0 aliphatic heterocycles. The molecule has 1 unspecified atom stereocenters. The number of benzene rings is 2. The molecule has 2 aromatic carbocycles. The van der Waals surface area contributed by atoms with E-state index in [1.54, 1.807) is 19.1 Å². The van der Waals surface area contributed by atoms with Gasteiger partial charge in [0.2, 0.25) is 10.0 Å². The molecule has 0 saturated heterocycles. The van der Waals surface area contributed by atoms with Gasteiger partial charge in [-0.25, -0.2) is 12.7 Å². The molecule has 0 aliphatic carbocycles. The fourth-order valence-electron chi connectivity index (χ4n) is 2.34. The molecular weight excluding hydrogens is 380 g/mol. The molecule has 0 aromatic heterocycles. The highest BCUT2D eigenvalue weighted by Crippen LogP contribution is 2.19. The molecule has 1 atom stereocenters. The number of carbonyl (C=O) groups excluding carboxylic acids is 1. The van der Waals surface area contributed by atoms with Crippen LogP contribution in [0.15, 0.2) is 53.4 Å². The highest BCUT2D eigenvalue weighted by Gasteiger charge is 2.17. The van der Waals surface area contributed by atoms with Crippen molar-refractivity contribution in [2.75, 3.05) is 27.2 Å². The zero-order valence-electron chi connectivity index (χ0n) is 16.5. The lowest BCUT2D eigenvalue weighted by molar-refractivity contribution is -0.127. The van der Waals surface area contributed by atoms with Gasteiger partial charge in [-0.2, -0.15) is 0 Å². The lowest BCUT2D eigenvalue weighted by Gasteiger charge is -2.16. The summed E-state index contributed by atoms with van der Waals surface area (Å²) in [6, 6.07) is 13.7. The zero-order chi connectivity index (χ0) is 20.7. The number of nitrogens with zero attached hydrogens (tertiary/aromatic N) is 1. The minimum absolute atomic E-state index is 0.195. The van der Waals surface area contributed by atoms with Crippen molar-refractivity contribution in [3.8, 4) is 11.5 Å². The average molecular weight is 407 g/mol.